The van der Waals surface area contributed by atoms with E-state index in [2.05, 4.69) is 58.1 Å². The highest BCUT2D eigenvalue weighted by molar-refractivity contribution is 5.67. The minimum absolute atomic E-state index is 0.0419. The number of hydrogen-bond donors (Lipinski definition) is 2. The van der Waals surface area contributed by atoms with Crippen molar-refractivity contribution in [2.24, 2.45) is 46.3 Å². The lowest BCUT2D eigenvalue weighted by atomic mass is 9.47. The molecule has 3 aromatic carbocycles. The molecule has 0 heterocycles. The van der Waals surface area contributed by atoms with Crippen molar-refractivity contribution in [1.29, 1.82) is 0 Å². The van der Waals surface area contributed by atoms with Gasteiger partial charge in [-0.15, -0.1) is 0 Å². The lowest BCUT2D eigenvalue weighted by Crippen LogP contribution is -2.51. The molecule has 1 unspecified atom stereocenters. The van der Waals surface area contributed by atoms with Gasteiger partial charge < -0.3 is 29.4 Å². The van der Waals surface area contributed by atoms with Crippen molar-refractivity contribution in [3.05, 3.63) is 107 Å². The fourth-order valence-electron chi connectivity index (χ4n) is 13.4. The zero-order valence-corrected chi connectivity index (χ0v) is 40.4. The van der Waals surface area contributed by atoms with Crippen molar-refractivity contribution in [3.63, 3.8) is 0 Å². The van der Waals surface area contributed by atoms with Gasteiger partial charge in [0.15, 0.2) is 0 Å². The van der Waals surface area contributed by atoms with Crippen LogP contribution in [0.3, 0.4) is 0 Å². The predicted molar refractivity (Wildman–Crippen MR) is 259 cm³/mol. The van der Waals surface area contributed by atoms with Gasteiger partial charge in [0.1, 0.15) is 23.2 Å². The first-order valence-corrected chi connectivity index (χ1v) is 25.2. The van der Waals surface area contributed by atoms with E-state index in [4.69, 9.17) is 18.9 Å². The molecule has 0 radical (unpaired) electrons. The van der Waals surface area contributed by atoms with Gasteiger partial charge in [0.2, 0.25) is 0 Å². The van der Waals surface area contributed by atoms with E-state index in [1.54, 1.807) is 19.8 Å². The first-order valence-electron chi connectivity index (χ1n) is 25.2. The van der Waals surface area contributed by atoms with Gasteiger partial charge in [-0.25, -0.2) is 4.79 Å². The summed E-state index contributed by atoms with van der Waals surface area (Å²) in [5.74, 6) is 6.51. The van der Waals surface area contributed by atoms with Crippen LogP contribution in [-0.2, 0) is 15.1 Å². The fourth-order valence-corrected chi connectivity index (χ4v) is 13.4. The summed E-state index contributed by atoms with van der Waals surface area (Å²) < 4.78 is 24.0. The number of carbonyl (C=O) groups is 1. The number of amides is 1. The average Bonchev–Trinajstić information content (AvgIpc) is 3.67. The topological polar surface area (TPSA) is 86.2 Å². The molecule has 350 valence electrons. The standard InChI is InChI=1S/C57H81NO6/c1-40(2)15-14-16-41(3)51-30-31-52-50-29-24-45-39-49(32-35-55(45,4)53(50)33-36-56(51,52)5)64-54(60)58-37-13-9-12-19-46(59)34-38-63-57(42-17-10-8-11-18-42,43-20-25-47(61-6)26-21-43)44-22-27-48(62-7)28-23-44/h8,10-11,17-18,20-28,40-41,46,49-53,59H,9,12-16,19,29-39H2,1-7H3,(H,58,60)/t41-,46?,49+,50+,51-,52+,53+,55+,56-/m1/s1. The highest BCUT2D eigenvalue weighted by Crippen LogP contribution is 2.67. The molecule has 7 nitrogen and oxygen atoms in total. The number of carbonyl (C=O) groups excluding carboxylic acids is 1. The molecule has 0 bridgehead atoms. The minimum atomic E-state index is -0.906. The lowest BCUT2D eigenvalue weighted by Gasteiger charge is -2.58. The molecular weight excluding hydrogens is 795 g/mol. The molecule has 2 N–H and O–H groups in total. The van der Waals surface area contributed by atoms with E-state index in [0.717, 1.165) is 102 Å². The Hall–Kier alpha value is -3.81. The van der Waals surface area contributed by atoms with E-state index in [1.807, 2.05) is 66.7 Å². The summed E-state index contributed by atoms with van der Waals surface area (Å²) in [6, 6.07) is 26.3. The number of aliphatic hydroxyl groups is 1. The maximum Gasteiger partial charge on any atom is 0.407 e. The number of unbranched alkanes of at least 4 members (excludes halogenated alkanes) is 2. The van der Waals surface area contributed by atoms with Crippen LogP contribution in [-0.4, -0.2) is 50.8 Å². The van der Waals surface area contributed by atoms with Gasteiger partial charge in [-0.05, 0) is 152 Å². The number of fused-ring (bicyclic) bond motifs is 5. The first-order chi connectivity index (χ1) is 30.9. The Kier molecular flexibility index (Phi) is 16.3. The summed E-state index contributed by atoms with van der Waals surface area (Å²) in [5, 5.41) is 14.1. The number of methoxy groups -OCH3 is 2. The van der Waals surface area contributed by atoms with E-state index in [9.17, 15) is 9.90 Å². The van der Waals surface area contributed by atoms with Crippen molar-refractivity contribution in [1.82, 2.24) is 5.32 Å². The quantitative estimate of drug-likeness (QED) is 0.0630. The third kappa shape index (κ3) is 10.6. The summed E-state index contributed by atoms with van der Waals surface area (Å²) >= 11 is 0. The second-order valence-electron chi connectivity index (χ2n) is 21.1. The molecule has 4 aliphatic rings. The van der Waals surface area contributed by atoms with Gasteiger partial charge >= 0.3 is 6.09 Å². The normalized spacial score (nSPS) is 27.4. The number of benzene rings is 3. The van der Waals surface area contributed by atoms with Gasteiger partial charge in [-0.1, -0.05) is 133 Å². The van der Waals surface area contributed by atoms with Crippen LogP contribution in [0.1, 0.15) is 154 Å². The van der Waals surface area contributed by atoms with Gasteiger partial charge in [0, 0.05) is 13.0 Å². The van der Waals surface area contributed by atoms with Crippen molar-refractivity contribution in [2.75, 3.05) is 27.4 Å². The Labute approximate surface area is 386 Å². The van der Waals surface area contributed by atoms with Crippen molar-refractivity contribution in [2.45, 2.75) is 155 Å². The molecule has 0 aromatic heterocycles. The summed E-state index contributed by atoms with van der Waals surface area (Å²) in [4.78, 5) is 13.0. The second-order valence-corrected chi connectivity index (χ2v) is 21.1. The summed E-state index contributed by atoms with van der Waals surface area (Å²) in [7, 11) is 3.34. The molecule has 0 saturated heterocycles. The number of alkyl carbamates (subject to hydrolysis) is 1. The van der Waals surface area contributed by atoms with Crippen LogP contribution in [0.4, 0.5) is 4.79 Å². The van der Waals surface area contributed by atoms with E-state index in [-0.39, 0.29) is 17.6 Å². The number of nitrogens with one attached hydrogen (secondary N) is 1. The number of allylic oxidation sites excluding steroid dienone is 1. The Balaban J connectivity index is 0.841. The molecule has 3 aromatic rings. The molecule has 7 rings (SSSR count). The monoisotopic (exact) mass is 876 g/mol. The third-order valence-corrected chi connectivity index (χ3v) is 17.0. The molecule has 0 spiro atoms. The first kappa shape index (κ1) is 48.1. The van der Waals surface area contributed by atoms with Crippen LogP contribution >= 0.6 is 0 Å². The fraction of sp³-hybridized carbons (Fsp3) is 0.632. The average molecular weight is 876 g/mol. The maximum atomic E-state index is 13.0. The minimum Gasteiger partial charge on any atom is -0.497 e. The largest absolute Gasteiger partial charge is 0.497 e. The SMILES string of the molecule is COc1ccc(C(OCCC(O)CCCCCNC(=O)O[C@H]2CC[C@@]3(C)C(=CC[C@H]4[C@@H]5CC[C@H]([C@H](C)CCCC(C)C)[C@@]5(C)CC[C@@H]43)C2)(c2ccccc2)c2ccc(OC)cc2)cc1. The van der Waals surface area contributed by atoms with Gasteiger partial charge in [-0.3, -0.25) is 0 Å². The van der Waals surface area contributed by atoms with E-state index >= 15 is 0 Å². The molecule has 1 amide bonds. The summed E-state index contributed by atoms with van der Waals surface area (Å²) in [6.45, 7) is 13.5. The Morgan fingerprint density at radius 3 is 2.08 bits per heavy atom. The van der Waals surface area contributed by atoms with Gasteiger partial charge in [0.25, 0.3) is 0 Å². The molecular formula is C57H81NO6. The van der Waals surface area contributed by atoms with Crippen LogP contribution in [0.5, 0.6) is 11.5 Å². The lowest BCUT2D eigenvalue weighted by molar-refractivity contribution is -0.0581. The summed E-state index contributed by atoms with van der Waals surface area (Å²) in [5.41, 5.74) is 4.34. The summed E-state index contributed by atoms with van der Waals surface area (Å²) in [6.07, 6.45) is 19.5. The Bertz CT molecular complexity index is 1900. The number of ether oxygens (including phenoxy) is 4. The number of rotatable bonds is 21. The van der Waals surface area contributed by atoms with Crippen molar-refractivity contribution in [3.8, 4) is 11.5 Å². The maximum absolute atomic E-state index is 13.0. The third-order valence-electron chi connectivity index (χ3n) is 17.0. The highest BCUT2D eigenvalue weighted by atomic mass is 16.6. The van der Waals surface area contributed by atoms with Gasteiger partial charge in [0.05, 0.1) is 26.9 Å². The smallest absolute Gasteiger partial charge is 0.407 e. The van der Waals surface area contributed by atoms with Crippen LogP contribution in [0.15, 0.2) is 90.5 Å². The van der Waals surface area contributed by atoms with Crippen LogP contribution < -0.4 is 14.8 Å². The molecule has 0 aliphatic heterocycles. The number of aliphatic hydroxyl groups excluding tert-OH is 1. The molecule has 7 heteroatoms. The van der Waals surface area contributed by atoms with Crippen LogP contribution in [0, 0.1) is 46.3 Å². The Morgan fingerprint density at radius 2 is 1.42 bits per heavy atom. The second kappa shape index (κ2) is 21.7. The predicted octanol–water partition coefficient (Wildman–Crippen LogP) is 13.5. The van der Waals surface area contributed by atoms with E-state index in [0.29, 0.717) is 31.4 Å². The molecule has 64 heavy (non-hydrogen) atoms. The van der Waals surface area contributed by atoms with Crippen molar-refractivity contribution < 1.29 is 28.8 Å². The van der Waals surface area contributed by atoms with Crippen LogP contribution in [0.25, 0.3) is 0 Å². The molecule has 3 fully saturated rings. The Morgan fingerprint density at radius 1 is 0.750 bits per heavy atom. The molecule has 9 atom stereocenters. The van der Waals surface area contributed by atoms with Crippen LogP contribution in [0.2, 0.25) is 0 Å². The zero-order chi connectivity index (χ0) is 45.3. The molecule has 3 saturated carbocycles. The zero-order valence-electron chi connectivity index (χ0n) is 40.4. The van der Waals surface area contributed by atoms with Crippen molar-refractivity contribution >= 4 is 6.09 Å². The van der Waals surface area contributed by atoms with E-state index in [1.165, 1.54) is 51.4 Å². The number of hydrogen-bond acceptors (Lipinski definition) is 6. The molecule has 4 aliphatic carbocycles. The highest BCUT2D eigenvalue weighted by Gasteiger charge is 2.59. The van der Waals surface area contributed by atoms with Gasteiger partial charge in [-0.2, -0.15) is 0 Å². The van der Waals surface area contributed by atoms with E-state index < -0.39 is 11.7 Å².